The molecule has 2 aromatic heterocycles. The van der Waals surface area contributed by atoms with Gasteiger partial charge in [-0.05, 0) is 117 Å². The van der Waals surface area contributed by atoms with Gasteiger partial charge in [-0.25, -0.2) is 0 Å². The molecule has 3 heteroatoms. The quantitative estimate of drug-likeness (QED) is 0.159. The van der Waals surface area contributed by atoms with Crippen molar-refractivity contribution >= 4 is 97.9 Å². The number of aromatic nitrogens is 1. The Bertz CT molecular complexity index is 3380. The number of nitrogens with zero attached hydrogens (tertiary/aromatic N) is 2. The van der Waals surface area contributed by atoms with Crippen LogP contribution in [0.4, 0.5) is 17.1 Å². The first-order valence-corrected chi connectivity index (χ1v) is 20.6. The van der Waals surface area contributed by atoms with Gasteiger partial charge in [-0.3, -0.25) is 0 Å². The largest absolute Gasteiger partial charge is 0.310 e. The second-order valence-electron chi connectivity index (χ2n) is 15.1. The average Bonchev–Trinajstić information content (AvgIpc) is 3.83. The predicted molar refractivity (Wildman–Crippen MR) is 246 cm³/mol. The van der Waals surface area contributed by atoms with E-state index in [9.17, 15) is 0 Å². The van der Waals surface area contributed by atoms with Crippen LogP contribution in [0.3, 0.4) is 0 Å². The topological polar surface area (TPSA) is 8.17 Å². The summed E-state index contributed by atoms with van der Waals surface area (Å²) in [5.41, 5.74) is 11.0. The number of anilines is 3. The highest BCUT2D eigenvalue weighted by Gasteiger charge is 2.22. The smallest absolute Gasteiger partial charge is 0.0554 e. The first-order chi connectivity index (χ1) is 28.3. The highest BCUT2D eigenvalue weighted by atomic mass is 32.1. The van der Waals surface area contributed by atoms with Crippen molar-refractivity contribution in [3.05, 3.63) is 199 Å². The normalized spacial score (nSPS) is 12.7. The molecule has 2 heterocycles. The summed E-state index contributed by atoms with van der Waals surface area (Å²) in [6.45, 7) is 0. The highest BCUT2D eigenvalue weighted by molar-refractivity contribution is 7.26. The van der Waals surface area contributed by atoms with Gasteiger partial charge < -0.3 is 9.47 Å². The molecule has 12 rings (SSSR count). The maximum atomic E-state index is 2.47. The van der Waals surface area contributed by atoms with Crippen LogP contribution in [-0.4, -0.2) is 4.57 Å². The summed E-state index contributed by atoms with van der Waals surface area (Å²) in [7, 11) is 0. The lowest BCUT2D eigenvalue weighted by Crippen LogP contribution is -2.10. The van der Waals surface area contributed by atoms with Crippen LogP contribution >= 0.6 is 11.3 Å². The van der Waals surface area contributed by atoms with Gasteiger partial charge in [0.15, 0.2) is 0 Å². The third-order valence-corrected chi connectivity index (χ3v) is 13.2. The third-order valence-electron chi connectivity index (χ3n) is 12.0. The second-order valence-corrected chi connectivity index (χ2v) is 16.2. The first-order valence-electron chi connectivity index (χ1n) is 19.8. The maximum absolute atomic E-state index is 2.47. The standard InChI is InChI=1S/C54H36N2S/c1-2-17-41-39(15-1)40-16-3-4-18-42(40)47-34-37(32-33-43(41)47)55(51-25-13-27-53-54(51)46-21-8-12-26-52(46)57-53)36-30-28-35(29-31-36)38-14-5-9-22-48(38)56-49-23-10-6-19-44(49)45-20-7-11-24-50(45)56/h1-6,8-19,21-34H,7,20H2. The maximum Gasteiger partial charge on any atom is 0.0554 e. The molecule has 9 aromatic carbocycles. The zero-order valence-corrected chi connectivity index (χ0v) is 32.0. The molecule has 0 spiro atoms. The minimum atomic E-state index is 1.07. The molecule has 0 unspecified atom stereocenters. The van der Waals surface area contributed by atoms with Crippen molar-refractivity contribution in [3.8, 4) is 16.8 Å². The highest BCUT2D eigenvalue weighted by Crippen LogP contribution is 2.47. The van der Waals surface area contributed by atoms with Crippen LogP contribution < -0.4 is 4.90 Å². The molecule has 0 radical (unpaired) electrons. The van der Waals surface area contributed by atoms with Crippen molar-refractivity contribution in [2.75, 3.05) is 4.90 Å². The molecule has 0 aliphatic heterocycles. The lowest BCUT2D eigenvalue weighted by molar-refractivity contribution is 0.968. The van der Waals surface area contributed by atoms with E-state index < -0.39 is 0 Å². The Labute approximate surface area is 334 Å². The van der Waals surface area contributed by atoms with E-state index >= 15 is 0 Å². The number of rotatable bonds is 5. The SMILES string of the molecule is C1=Cc2c(c3ccccc3n2-c2ccccc2-c2ccc(N(c3ccc4c5ccccc5c5ccccc5c4c3)c3cccc4sc5ccccc5c34)cc2)CC1. The van der Waals surface area contributed by atoms with Crippen molar-refractivity contribution in [1.82, 2.24) is 4.57 Å². The summed E-state index contributed by atoms with van der Waals surface area (Å²) in [6.07, 6.45) is 6.79. The number of thiophene rings is 1. The van der Waals surface area contributed by atoms with E-state index in [1.54, 1.807) is 0 Å². The van der Waals surface area contributed by atoms with Crippen molar-refractivity contribution < 1.29 is 0 Å². The molecule has 0 atom stereocenters. The summed E-state index contributed by atoms with van der Waals surface area (Å²) >= 11 is 1.87. The summed E-state index contributed by atoms with van der Waals surface area (Å²) in [6, 6.07) is 67.3. The van der Waals surface area contributed by atoms with Gasteiger partial charge in [0.05, 0.1) is 16.9 Å². The summed E-state index contributed by atoms with van der Waals surface area (Å²) < 4.78 is 5.07. The zero-order chi connectivity index (χ0) is 37.5. The number of aryl methyl sites for hydroxylation is 1. The van der Waals surface area contributed by atoms with Crippen molar-refractivity contribution in [2.45, 2.75) is 12.8 Å². The molecule has 0 fully saturated rings. The van der Waals surface area contributed by atoms with E-state index in [0.29, 0.717) is 0 Å². The van der Waals surface area contributed by atoms with E-state index in [-0.39, 0.29) is 0 Å². The molecule has 11 aromatic rings. The predicted octanol–water partition coefficient (Wildman–Crippen LogP) is 15.6. The Morgan fingerprint density at radius 2 is 1.09 bits per heavy atom. The fourth-order valence-corrected chi connectivity index (χ4v) is 10.7. The van der Waals surface area contributed by atoms with Crippen molar-refractivity contribution in [1.29, 1.82) is 0 Å². The molecular formula is C54H36N2S. The third kappa shape index (κ3) is 4.96. The molecule has 2 nitrogen and oxygen atoms in total. The molecular weight excluding hydrogens is 709 g/mol. The second kappa shape index (κ2) is 12.8. The van der Waals surface area contributed by atoms with E-state index in [0.717, 1.165) is 24.2 Å². The van der Waals surface area contributed by atoms with Gasteiger partial charge in [-0.1, -0.05) is 133 Å². The molecule has 0 saturated heterocycles. The van der Waals surface area contributed by atoms with Gasteiger partial charge in [0.25, 0.3) is 0 Å². The molecule has 0 amide bonds. The summed E-state index contributed by atoms with van der Waals surface area (Å²) in [4.78, 5) is 2.47. The van der Waals surface area contributed by atoms with Crippen LogP contribution in [0, 0.1) is 0 Å². The Hall–Kier alpha value is -6.94. The fraction of sp³-hybridized carbons (Fsp3) is 0.0370. The number of para-hydroxylation sites is 2. The van der Waals surface area contributed by atoms with Gasteiger partial charge in [0, 0.05) is 48.2 Å². The van der Waals surface area contributed by atoms with Crippen LogP contribution in [0.5, 0.6) is 0 Å². The van der Waals surface area contributed by atoms with Crippen LogP contribution in [0.1, 0.15) is 17.7 Å². The van der Waals surface area contributed by atoms with E-state index in [1.165, 1.54) is 97.2 Å². The molecule has 0 N–H and O–H groups in total. The van der Waals surface area contributed by atoms with Crippen LogP contribution in [0.2, 0.25) is 0 Å². The lowest BCUT2D eigenvalue weighted by atomic mass is 9.94. The molecule has 1 aliphatic carbocycles. The lowest BCUT2D eigenvalue weighted by Gasteiger charge is -2.27. The Morgan fingerprint density at radius 3 is 1.88 bits per heavy atom. The molecule has 1 aliphatic rings. The minimum Gasteiger partial charge on any atom is -0.310 e. The summed E-state index contributed by atoms with van der Waals surface area (Å²) in [5, 5.41) is 11.6. The molecule has 0 bridgehead atoms. The fourth-order valence-electron chi connectivity index (χ4n) is 9.55. The van der Waals surface area contributed by atoms with Gasteiger partial charge in [0.2, 0.25) is 0 Å². The number of hydrogen-bond acceptors (Lipinski definition) is 2. The first kappa shape index (κ1) is 32.3. The van der Waals surface area contributed by atoms with Gasteiger partial charge in [-0.2, -0.15) is 0 Å². The molecule has 57 heavy (non-hydrogen) atoms. The van der Waals surface area contributed by atoms with E-state index in [2.05, 4.69) is 204 Å². The van der Waals surface area contributed by atoms with Crippen LogP contribution in [0.15, 0.2) is 188 Å². The van der Waals surface area contributed by atoms with Gasteiger partial charge in [0.1, 0.15) is 0 Å². The zero-order valence-electron chi connectivity index (χ0n) is 31.2. The van der Waals surface area contributed by atoms with Crippen molar-refractivity contribution in [2.24, 2.45) is 0 Å². The molecule has 0 saturated carbocycles. The van der Waals surface area contributed by atoms with Crippen molar-refractivity contribution in [3.63, 3.8) is 0 Å². The van der Waals surface area contributed by atoms with Gasteiger partial charge >= 0.3 is 0 Å². The molecule has 268 valence electrons. The Balaban J connectivity index is 1.07. The van der Waals surface area contributed by atoms with E-state index in [4.69, 9.17) is 0 Å². The number of fused-ring (bicyclic) bond motifs is 12. The van der Waals surface area contributed by atoms with E-state index in [1.807, 2.05) is 11.3 Å². The Morgan fingerprint density at radius 1 is 0.474 bits per heavy atom. The number of hydrogen-bond donors (Lipinski definition) is 0. The minimum absolute atomic E-state index is 1.07. The Kier molecular flexibility index (Phi) is 7.26. The van der Waals surface area contributed by atoms with Gasteiger partial charge in [-0.15, -0.1) is 11.3 Å². The number of benzene rings is 9. The summed E-state index contributed by atoms with van der Waals surface area (Å²) in [5.74, 6) is 0. The number of allylic oxidation sites excluding steroid dienone is 1. The van der Waals surface area contributed by atoms with Crippen LogP contribution in [-0.2, 0) is 6.42 Å². The average molecular weight is 745 g/mol. The van der Waals surface area contributed by atoms with Crippen LogP contribution in [0.25, 0.3) is 86.3 Å². The monoisotopic (exact) mass is 744 g/mol.